The minimum absolute atomic E-state index is 0.152. The average Bonchev–Trinajstić information content (AvgIpc) is 3.01. The number of carbonyl (C=O) groups excluding carboxylic acids is 1. The van der Waals surface area contributed by atoms with E-state index in [-0.39, 0.29) is 5.91 Å². The van der Waals surface area contributed by atoms with E-state index in [2.05, 4.69) is 37.6 Å². The van der Waals surface area contributed by atoms with Crippen molar-refractivity contribution in [2.24, 2.45) is 0 Å². The van der Waals surface area contributed by atoms with Gasteiger partial charge in [0.1, 0.15) is 0 Å². The van der Waals surface area contributed by atoms with Crippen LogP contribution in [0.2, 0.25) is 0 Å². The number of amides is 1. The maximum Gasteiger partial charge on any atom is 0.257 e. The first-order valence-corrected chi connectivity index (χ1v) is 8.18. The van der Waals surface area contributed by atoms with Crippen molar-refractivity contribution in [1.29, 1.82) is 0 Å². The molecule has 0 spiro atoms. The Bertz CT molecular complexity index is 923. The van der Waals surface area contributed by atoms with Gasteiger partial charge in [-0.15, -0.1) is 0 Å². The number of halogens is 1. The Morgan fingerprint density at radius 2 is 2.00 bits per heavy atom. The molecule has 1 amide bonds. The van der Waals surface area contributed by atoms with Gasteiger partial charge in [0.2, 0.25) is 0 Å². The fraction of sp³-hybridized carbons (Fsp3) is 0.111. The van der Waals surface area contributed by atoms with E-state index in [0.29, 0.717) is 11.1 Å². The number of rotatable bonds is 2. The summed E-state index contributed by atoms with van der Waals surface area (Å²) in [6.07, 6.45) is 1.70. The highest BCUT2D eigenvalue weighted by atomic mass is 79.9. The van der Waals surface area contributed by atoms with Gasteiger partial charge < -0.3 is 10.6 Å². The maximum atomic E-state index is 12.7. The van der Waals surface area contributed by atoms with Crippen LogP contribution in [0.4, 0.5) is 5.69 Å². The number of hydrogen-bond donors (Lipinski definition) is 2. The number of anilines is 1. The molecule has 5 heteroatoms. The number of pyridine rings is 1. The molecule has 114 valence electrons. The summed E-state index contributed by atoms with van der Waals surface area (Å²) in [5.74, 6) is -0.152. The van der Waals surface area contributed by atoms with Crippen molar-refractivity contribution in [3.05, 3.63) is 69.8 Å². The van der Waals surface area contributed by atoms with Crippen LogP contribution >= 0.6 is 15.9 Å². The summed E-state index contributed by atoms with van der Waals surface area (Å²) >= 11 is 3.46. The van der Waals surface area contributed by atoms with Crippen molar-refractivity contribution in [1.82, 2.24) is 10.3 Å². The summed E-state index contributed by atoms with van der Waals surface area (Å²) in [5, 5.41) is 7.22. The lowest BCUT2D eigenvalue weighted by atomic mass is 10.1. The average molecular weight is 368 g/mol. The Morgan fingerprint density at radius 1 is 1.13 bits per heavy atom. The molecule has 0 radical (unpaired) electrons. The Morgan fingerprint density at radius 3 is 2.91 bits per heavy atom. The number of carbonyl (C=O) groups is 1. The molecular weight excluding hydrogens is 354 g/mol. The molecular formula is C18H14BrN3O. The van der Waals surface area contributed by atoms with Crippen LogP contribution in [0.5, 0.6) is 0 Å². The van der Waals surface area contributed by atoms with Crippen molar-refractivity contribution >= 4 is 38.4 Å². The van der Waals surface area contributed by atoms with Crippen LogP contribution in [0.25, 0.3) is 10.9 Å². The minimum atomic E-state index is -0.152. The number of benzene rings is 2. The predicted molar refractivity (Wildman–Crippen MR) is 94.4 cm³/mol. The zero-order chi connectivity index (χ0) is 15.8. The van der Waals surface area contributed by atoms with Crippen molar-refractivity contribution < 1.29 is 4.79 Å². The second-order valence-electron chi connectivity index (χ2n) is 5.57. The van der Waals surface area contributed by atoms with Crippen LogP contribution in [0.3, 0.4) is 0 Å². The predicted octanol–water partition coefficient (Wildman–Crippen LogP) is 3.85. The SMILES string of the molecule is O=C(Nc1ccc2c(c1)CNC2)c1cc(Br)cc2cccnc12. The van der Waals surface area contributed by atoms with Crippen LogP contribution in [-0.4, -0.2) is 10.9 Å². The van der Waals surface area contributed by atoms with Gasteiger partial charge in [-0.2, -0.15) is 0 Å². The van der Waals surface area contributed by atoms with Gasteiger partial charge >= 0.3 is 0 Å². The van der Waals surface area contributed by atoms with Crippen molar-refractivity contribution in [3.63, 3.8) is 0 Å². The van der Waals surface area contributed by atoms with Gasteiger partial charge in [0, 0.05) is 34.8 Å². The molecule has 3 aromatic rings. The lowest BCUT2D eigenvalue weighted by Gasteiger charge is -2.09. The standard InChI is InChI=1S/C18H14BrN3O/c19-14-6-11-2-1-5-21-17(11)16(8-14)18(23)22-15-4-3-12-9-20-10-13(12)7-15/h1-8,20H,9-10H2,(H,22,23). The van der Waals surface area contributed by atoms with Gasteiger partial charge in [-0.05, 0) is 41.5 Å². The van der Waals surface area contributed by atoms with E-state index in [4.69, 9.17) is 0 Å². The van der Waals surface area contributed by atoms with Crippen molar-refractivity contribution in [2.45, 2.75) is 13.1 Å². The summed E-state index contributed by atoms with van der Waals surface area (Å²) in [6, 6.07) is 13.6. The monoisotopic (exact) mass is 367 g/mol. The first kappa shape index (κ1) is 14.4. The lowest BCUT2D eigenvalue weighted by molar-refractivity contribution is 0.102. The van der Waals surface area contributed by atoms with Crippen molar-refractivity contribution in [2.75, 3.05) is 5.32 Å². The normalized spacial score (nSPS) is 13.1. The van der Waals surface area contributed by atoms with E-state index in [1.807, 2.05) is 30.3 Å². The molecule has 0 unspecified atom stereocenters. The first-order valence-electron chi connectivity index (χ1n) is 7.39. The molecule has 0 fully saturated rings. The van der Waals surface area contributed by atoms with Crippen LogP contribution in [0.1, 0.15) is 21.5 Å². The quantitative estimate of drug-likeness (QED) is 0.723. The zero-order valence-electron chi connectivity index (χ0n) is 12.3. The molecule has 0 atom stereocenters. The molecule has 0 bridgehead atoms. The number of hydrogen-bond acceptors (Lipinski definition) is 3. The summed E-state index contributed by atoms with van der Waals surface area (Å²) in [5.41, 5.74) is 4.60. The Labute approximate surface area is 142 Å². The van der Waals surface area contributed by atoms with Crippen LogP contribution < -0.4 is 10.6 Å². The molecule has 4 nitrogen and oxygen atoms in total. The van der Waals surface area contributed by atoms with E-state index in [1.165, 1.54) is 11.1 Å². The summed E-state index contributed by atoms with van der Waals surface area (Å²) < 4.78 is 0.862. The highest BCUT2D eigenvalue weighted by molar-refractivity contribution is 9.10. The maximum absolute atomic E-state index is 12.7. The third-order valence-electron chi connectivity index (χ3n) is 4.01. The molecule has 0 aliphatic carbocycles. The topological polar surface area (TPSA) is 54.0 Å². The molecule has 1 aliphatic heterocycles. The van der Waals surface area contributed by atoms with Gasteiger partial charge in [-0.25, -0.2) is 0 Å². The molecule has 23 heavy (non-hydrogen) atoms. The van der Waals surface area contributed by atoms with Crippen molar-refractivity contribution in [3.8, 4) is 0 Å². The van der Waals surface area contributed by atoms with Gasteiger partial charge in [-0.3, -0.25) is 9.78 Å². The number of fused-ring (bicyclic) bond motifs is 2. The first-order chi connectivity index (χ1) is 11.2. The van der Waals surface area contributed by atoms with E-state index in [9.17, 15) is 4.79 Å². The Kier molecular flexibility index (Phi) is 3.59. The minimum Gasteiger partial charge on any atom is -0.322 e. The molecule has 0 saturated carbocycles. The number of nitrogens with one attached hydrogen (secondary N) is 2. The fourth-order valence-corrected chi connectivity index (χ4v) is 3.38. The van der Waals surface area contributed by atoms with E-state index >= 15 is 0 Å². The molecule has 2 N–H and O–H groups in total. The van der Waals surface area contributed by atoms with Gasteiger partial charge in [0.05, 0.1) is 11.1 Å². The van der Waals surface area contributed by atoms with E-state index in [1.54, 1.807) is 12.3 Å². The number of nitrogens with zero attached hydrogens (tertiary/aromatic N) is 1. The highest BCUT2D eigenvalue weighted by Gasteiger charge is 2.15. The second kappa shape index (κ2) is 5.76. The molecule has 1 aromatic heterocycles. The molecule has 2 aromatic carbocycles. The Balaban J connectivity index is 1.70. The summed E-state index contributed by atoms with van der Waals surface area (Å²) in [4.78, 5) is 17.0. The Hall–Kier alpha value is -2.24. The largest absolute Gasteiger partial charge is 0.322 e. The molecule has 0 saturated heterocycles. The van der Waals surface area contributed by atoms with Crippen LogP contribution in [0.15, 0.2) is 53.1 Å². The third kappa shape index (κ3) is 2.73. The lowest BCUT2D eigenvalue weighted by Crippen LogP contribution is -2.13. The van der Waals surface area contributed by atoms with Gasteiger partial charge in [0.25, 0.3) is 5.91 Å². The molecule has 1 aliphatic rings. The van der Waals surface area contributed by atoms with E-state index in [0.717, 1.165) is 28.6 Å². The second-order valence-corrected chi connectivity index (χ2v) is 6.49. The number of aromatic nitrogens is 1. The highest BCUT2D eigenvalue weighted by Crippen LogP contribution is 2.25. The fourth-order valence-electron chi connectivity index (χ4n) is 2.90. The summed E-state index contributed by atoms with van der Waals surface area (Å²) in [6.45, 7) is 1.74. The van der Waals surface area contributed by atoms with Crippen LogP contribution in [-0.2, 0) is 13.1 Å². The van der Waals surface area contributed by atoms with Gasteiger partial charge in [-0.1, -0.05) is 28.1 Å². The molecule has 4 rings (SSSR count). The zero-order valence-corrected chi connectivity index (χ0v) is 13.9. The van der Waals surface area contributed by atoms with Gasteiger partial charge in [0.15, 0.2) is 0 Å². The summed E-state index contributed by atoms with van der Waals surface area (Å²) in [7, 11) is 0. The third-order valence-corrected chi connectivity index (χ3v) is 4.47. The van der Waals surface area contributed by atoms with Crippen LogP contribution in [0, 0.1) is 0 Å². The smallest absolute Gasteiger partial charge is 0.257 e. The molecule has 2 heterocycles. The van der Waals surface area contributed by atoms with E-state index < -0.39 is 0 Å².